The molecule has 3 aromatic carbocycles. The minimum Gasteiger partial charge on any atom is -0.508 e. The number of carbonyl (C=O) groups is 18. The highest BCUT2D eigenvalue weighted by Crippen LogP contribution is 2.28. The zero-order valence-corrected chi connectivity index (χ0v) is 80.9. The Morgan fingerprint density at radius 3 is 1.61 bits per heavy atom. The number of nitrogens with zero attached hydrogens (tertiary/aromatic N) is 6. The van der Waals surface area contributed by atoms with Gasteiger partial charge in [-0.2, -0.15) is 0 Å². The number of aromatic nitrogens is 4. The molecule has 0 saturated carbocycles. The number of aliphatic hydroxyl groups excluding tert-OH is 1. The molecule has 6 heterocycles. The number of hydrogen-bond donors (Lipinski definition) is 21. The number of aromatic amines is 3. The fraction of sp³-hybridized carbons (Fsp3) is 0.532. The molecular weight excluding hydrogens is 1830 g/mol. The van der Waals surface area contributed by atoms with E-state index in [1.807, 2.05) is 13.8 Å². The fourth-order valence-electron chi connectivity index (χ4n) is 17.2. The standard InChI is InChI=1S/C94H133N25O20S/c1-9-11-13-27-75-93(139)116(7)72(26-12-10-2)86(132)107-63(25-18-34-100-94(97)98)82(128)114-71(81(127)104-47-78(124)103-46-77(96)123)49-140-50-79(125)106-67(38-54-30-32-58(121)33-31-54)89(135)115(6)53(5)80(126)110-69(42-76(95)122)92(138)119-36-20-29-74(119)88(134)109-65(41-57-45-99-51-105-57)84(130)111-66(37-52(3)4)91(137)118-35-19-28-73(118)87(133)108-64(39-55-43-101-61-23-16-14-21-59(55)61)83(129)113-70(48-120)85(131)112-68(90(136)117(75)8)40-56-44-102-62-24-17-15-22-60(56)62/h14-17,21-24,30-33,43-45,51-53,63-75,101-102,120-121H,9-13,18-20,25-29,34-42,46-50H2,1-8H3,(H2,95,122)(H2,96,123)(H,99,105)(H,103,124)(H,104,127)(H,106,125)(H,107,132)(H,108,133)(H,109,134)(H,110,126)(H,111,130)(H,112,131)(H,113,129)(H,114,128)(H4,97,98,100)/t53-,63-,64-,65-,66-,67-,68-,69-,70-,71-,72-,73-,74-,75-/m0/s1. The first-order valence-corrected chi connectivity index (χ1v) is 48.3. The van der Waals surface area contributed by atoms with Crippen LogP contribution in [0.1, 0.15) is 153 Å². The highest BCUT2D eigenvalue weighted by atomic mass is 32.2. The van der Waals surface area contributed by atoms with E-state index in [-0.39, 0.29) is 115 Å². The van der Waals surface area contributed by atoms with Crippen molar-refractivity contribution in [3.8, 4) is 5.75 Å². The van der Waals surface area contributed by atoms with E-state index in [2.05, 4.69) is 83.7 Å². The third-order valence-electron chi connectivity index (χ3n) is 25.0. The molecule has 45 nitrogen and oxygen atoms in total. The van der Waals surface area contributed by atoms with Crippen molar-refractivity contribution in [2.24, 2.45) is 23.1 Å². The van der Waals surface area contributed by atoms with Gasteiger partial charge in [-0.1, -0.05) is 108 Å². The maximum absolute atomic E-state index is 15.9. The largest absolute Gasteiger partial charge is 0.508 e. The number of phenols is 1. The number of likely N-dealkylation sites (N-methyl/N-ethyl adjacent to an activating group) is 3. The molecule has 140 heavy (non-hydrogen) atoms. The third kappa shape index (κ3) is 31.1. The van der Waals surface area contributed by atoms with Gasteiger partial charge in [-0.3, -0.25) is 91.7 Å². The number of imidazole rings is 1. The maximum Gasteiger partial charge on any atom is 0.246 e. The van der Waals surface area contributed by atoms with Gasteiger partial charge in [0.05, 0.1) is 38.2 Å². The van der Waals surface area contributed by atoms with Crippen LogP contribution in [0.3, 0.4) is 0 Å². The van der Waals surface area contributed by atoms with Crippen LogP contribution >= 0.6 is 11.8 Å². The molecule has 18 amide bonds. The zero-order chi connectivity index (χ0) is 102. The van der Waals surface area contributed by atoms with Gasteiger partial charge in [-0.15, -0.1) is 11.8 Å². The Morgan fingerprint density at radius 1 is 0.514 bits per heavy atom. The second kappa shape index (κ2) is 53.1. The van der Waals surface area contributed by atoms with E-state index in [0.29, 0.717) is 76.3 Å². The van der Waals surface area contributed by atoms with Crippen molar-refractivity contribution in [3.05, 3.63) is 120 Å². The highest BCUT2D eigenvalue weighted by Gasteiger charge is 2.46. The van der Waals surface area contributed by atoms with Crippen LogP contribution in [0.2, 0.25) is 0 Å². The highest BCUT2D eigenvalue weighted by molar-refractivity contribution is 8.00. The predicted octanol–water partition coefficient (Wildman–Crippen LogP) is -2.39. The number of guanidine groups is 1. The number of rotatable bonds is 29. The van der Waals surface area contributed by atoms with E-state index >= 15 is 43.2 Å². The summed E-state index contributed by atoms with van der Waals surface area (Å²) in [6, 6.07) is -1.75. The van der Waals surface area contributed by atoms with Crippen molar-refractivity contribution in [1.82, 2.24) is 108 Å². The summed E-state index contributed by atoms with van der Waals surface area (Å²) in [6.45, 7) is 5.96. The van der Waals surface area contributed by atoms with Crippen molar-refractivity contribution >= 4 is 146 Å². The summed E-state index contributed by atoms with van der Waals surface area (Å²) in [5.74, 6) is -18.5. The lowest BCUT2D eigenvalue weighted by Gasteiger charge is -2.36. The number of aliphatic hydroxyl groups is 1. The first kappa shape index (κ1) is 109. The van der Waals surface area contributed by atoms with Gasteiger partial charge in [0, 0.05) is 118 Å². The minimum absolute atomic E-state index is 0.00380. The summed E-state index contributed by atoms with van der Waals surface area (Å²) in [7, 11) is 3.92. The van der Waals surface area contributed by atoms with E-state index in [9.17, 15) is 53.4 Å². The van der Waals surface area contributed by atoms with Crippen LogP contribution in [0.4, 0.5) is 0 Å². The van der Waals surface area contributed by atoms with E-state index in [1.165, 1.54) is 69.8 Å². The Hall–Kier alpha value is -14.2. The number of hydrogen-bond acceptors (Lipinski definition) is 23. The summed E-state index contributed by atoms with van der Waals surface area (Å²) in [5, 5.41) is 62.4. The number of para-hydroxylation sites is 2. The van der Waals surface area contributed by atoms with Gasteiger partial charge in [-0.05, 0) is 112 Å². The number of carbonyl (C=O) groups excluding carboxylic acids is 18. The topological polar surface area (TPSA) is 670 Å². The molecular formula is C94H133N25O20S. The van der Waals surface area contributed by atoms with E-state index in [4.69, 9.17) is 22.6 Å². The van der Waals surface area contributed by atoms with Crippen molar-refractivity contribution in [2.75, 3.05) is 72.0 Å². The van der Waals surface area contributed by atoms with Crippen LogP contribution in [0.25, 0.3) is 21.8 Å². The van der Waals surface area contributed by atoms with Gasteiger partial charge < -0.3 is 131 Å². The molecule has 0 bridgehead atoms. The van der Waals surface area contributed by atoms with Gasteiger partial charge >= 0.3 is 0 Å². The van der Waals surface area contributed by atoms with Crippen LogP contribution in [0.15, 0.2) is 97.7 Å². The van der Waals surface area contributed by atoms with Crippen molar-refractivity contribution in [1.29, 1.82) is 5.41 Å². The number of H-pyrrole nitrogens is 3. The molecule has 14 atom stereocenters. The maximum atomic E-state index is 15.9. The van der Waals surface area contributed by atoms with Gasteiger partial charge in [0.2, 0.25) is 106 Å². The molecule has 6 aromatic rings. The van der Waals surface area contributed by atoms with Gasteiger partial charge in [-0.25, -0.2) is 4.98 Å². The summed E-state index contributed by atoms with van der Waals surface area (Å²) in [6.07, 6.45) is 6.66. The van der Waals surface area contributed by atoms with Crippen molar-refractivity contribution in [3.63, 3.8) is 0 Å². The lowest BCUT2D eigenvalue weighted by Crippen LogP contribution is -2.62. The number of phenolic OH excluding ortho intramolecular Hbond substituents is 1. The monoisotopic (exact) mass is 1960 g/mol. The fourth-order valence-corrected chi connectivity index (χ4v) is 18.1. The Morgan fingerprint density at radius 2 is 1.04 bits per heavy atom. The summed E-state index contributed by atoms with van der Waals surface area (Å²) in [5.41, 5.74) is 19.7. The lowest BCUT2D eigenvalue weighted by molar-refractivity contribution is -0.149. The second-order valence-electron chi connectivity index (χ2n) is 35.9. The van der Waals surface area contributed by atoms with Crippen LogP contribution in [0, 0.1) is 11.3 Å². The van der Waals surface area contributed by atoms with E-state index in [0.717, 1.165) is 31.4 Å². The summed E-state index contributed by atoms with van der Waals surface area (Å²) < 4.78 is 0. The average Bonchev–Trinajstić information content (AvgIpc) is 1.69. The number of nitrogens with two attached hydrogens (primary N) is 3. The number of unbranched alkanes of at least 4 members (excludes halogenated alkanes) is 3. The first-order valence-electron chi connectivity index (χ1n) is 47.2. The zero-order valence-electron chi connectivity index (χ0n) is 80.1. The molecule has 24 N–H and O–H groups in total. The molecule has 46 heteroatoms. The molecule has 0 unspecified atom stereocenters. The average molecular weight is 1970 g/mol. The number of aromatic hydroxyl groups is 1. The Labute approximate surface area is 814 Å². The van der Waals surface area contributed by atoms with Gasteiger partial charge in [0.1, 0.15) is 90.3 Å². The number of fused-ring (bicyclic) bond motifs is 4. The van der Waals surface area contributed by atoms with E-state index in [1.54, 1.807) is 74.8 Å². The molecule has 0 radical (unpaired) electrons. The number of nitrogens with one attached hydrogen (secondary N) is 16. The minimum atomic E-state index is -1.86. The molecule has 760 valence electrons. The van der Waals surface area contributed by atoms with Gasteiger partial charge in [0.25, 0.3) is 0 Å². The summed E-state index contributed by atoms with van der Waals surface area (Å²) >= 11 is 0.736. The Bertz CT molecular complexity index is 5380. The van der Waals surface area contributed by atoms with Crippen LogP contribution in [-0.2, 0) is 112 Å². The number of benzene rings is 3. The molecule has 3 fully saturated rings. The second-order valence-corrected chi connectivity index (χ2v) is 36.9. The molecule has 3 aromatic heterocycles. The van der Waals surface area contributed by atoms with Crippen molar-refractivity contribution < 1.29 is 96.5 Å². The molecule has 3 saturated heterocycles. The normalized spacial score (nSPS) is 23.7. The van der Waals surface area contributed by atoms with Crippen LogP contribution in [0.5, 0.6) is 5.75 Å². The Balaban J connectivity index is 1.11. The van der Waals surface area contributed by atoms with Crippen LogP contribution < -0.4 is 81.0 Å². The molecule has 3 aliphatic heterocycles. The van der Waals surface area contributed by atoms with Gasteiger partial charge in [0.15, 0.2) is 5.96 Å². The number of thioether (sulfide) groups is 1. The SMILES string of the molecule is CCCCC[C@H]1C(=O)N(C)[C@@H](CCCC)C(=O)N[C@@H](CCCNC(=N)N)C(=O)N[C@H](C(=O)NCC(=O)NCC(N)=O)CSCC(=O)N[C@@H](Cc2ccc(O)cc2)C(=O)N(C)[C@@H](C)C(=O)N[C@@H](CC(N)=O)C(=O)N2CCC[C@H]2C(=O)N[C@@H](Cc2cnc[nH]2)C(=O)N[C@@H](CC(C)C)C(=O)N2CCC[C@H]2C(=O)N[C@@H](Cc2c[nH]c3ccccc23)C(=O)N[C@@H](CO)C(=O)N[C@@H](Cc2c[nH]c3ccccc23)C(=O)N1C. The molecule has 0 aliphatic carbocycles. The smallest absolute Gasteiger partial charge is 0.246 e. The Kier molecular flexibility index (Phi) is 41.5. The quantitative estimate of drug-likeness (QED) is 0.0132. The van der Waals surface area contributed by atoms with E-state index < -0.39 is 234 Å². The lowest BCUT2D eigenvalue weighted by atomic mass is 9.99. The first-order chi connectivity index (χ1) is 66.8. The predicted molar refractivity (Wildman–Crippen MR) is 516 cm³/mol. The summed E-state index contributed by atoms with van der Waals surface area (Å²) in [4.78, 5) is 283. The van der Waals surface area contributed by atoms with Crippen LogP contribution in [-0.4, -0.2) is 324 Å². The molecule has 9 rings (SSSR count). The third-order valence-corrected chi connectivity index (χ3v) is 26.0. The molecule has 0 spiro atoms. The number of primary amides is 2. The van der Waals surface area contributed by atoms with Crippen molar-refractivity contribution in [2.45, 2.75) is 241 Å². The number of amides is 18. The molecule has 3 aliphatic rings.